The summed E-state index contributed by atoms with van der Waals surface area (Å²) in [6, 6.07) is 5.60. The van der Waals surface area contributed by atoms with E-state index in [0.29, 0.717) is 12.1 Å². The highest BCUT2D eigenvalue weighted by molar-refractivity contribution is 5.96. The number of hydrogen-bond donors (Lipinski definition) is 0. The van der Waals surface area contributed by atoms with Crippen molar-refractivity contribution in [2.75, 3.05) is 7.11 Å². The third kappa shape index (κ3) is 3.07. The molecule has 20 heavy (non-hydrogen) atoms. The quantitative estimate of drug-likeness (QED) is 0.803. The Morgan fingerprint density at radius 2 is 2.10 bits per heavy atom. The van der Waals surface area contributed by atoms with E-state index in [2.05, 4.69) is 25.8 Å². The molecule has 0 aliphatic heterocycles. The maximum absolute atomic E-state index is 12.3. The molecule has 0 atom stereocenters. The molecular formula is C16H20N2O2. The number of ketones is 1. The molecule has 0 fully saturated rings. The number of nitrogens with zero attached hydrogens (tertiary/aromatic N) is 2. The summed E-state index contributed by atoms with van der Waals surface area (Å²) in [6.07, 6.45) is 5.10. The standard InChI is InChI=1S/C16H20N2O2/c1-16(2,3)13-9-12(5-6-15(13)20-4)14(19)10-18-8-7-17-11-18/h5-9,11H,10H2,1-4H3. The van der Waals surface area contributed by atoms with Crippen LogP contribution in [0.1, 0.15) is 36.7 Å². The predicted molar refractivity (Wildman–Crippen MR) is 78.3 cm³/mol. The lowest BCUT2D eigenvalue weighted by Crippen LogP contribution is -2.15. The number of Topliss-reactive ketones (excluding diaryl/α,β-unsaturated/α-hetero) is 1. The highest BCUT2D eigenvalue weighted by Gasteiger charge is 2.20. The molecule has 0 aliphatic rings. The zero-order chi connectivity index (χ0) is 14.8. The van der Waals surface area contributed by atoms with Crippen LogP contribution in [-0.4, -0.2) is 22.4 Å². The lowest BCUT2D eigenvalue weighted by atomic mass is 9.85. The second kappa shape index (κ2) is 5.49. The van der Waals surface area contributed by atoms with Crippen LogP contribution in [0, 0.1) is 0 Å². The summed E-state index contributed by atoms with van der Waals surface area (Å²) >= 11 is 0. The first-order chi connectivity index (χ1) is 9.41. The van der Waals surface area contributed by atoms with Crippen LogP contribution in [0.3, 0.4) is 0 Å². The molecule has 1 aromatic heterocycles. The average Bonchev–Trinajstić information content (AvgIpc) is 2.89. The van der Waals surface area contributed by atoms with Gasteiger partial charge in [-0.25, -0.2) is 4.98 Å². The molecule has 2 rings (SSSR count). The zero-order valence-corrected chi connectivity index (χ0v) is 12.4. The van der Waals surface area contributed by atoms with Gasteiger partial charge in [0.25, 0.3) is 0 Å². The van der Waals surface area contributed by atoms with Gasteiger partial charge in [-0.2, -0.15) is 0 Å². The van der Waals surface area contributed by atoms with E-state index in [4.69, 9.17) is 4.74 Å². The number of methoxy groups -OCH3 is 1. The molecule has 0 saturated carbocycles. The van der Waals surface area contributed by atoms with E-state index in [1.807, 2.05) is 18.2 Å². The lowest BCUT2D eigenvalue weighted by Gasteiger charge is -2.22. The van der Waals surface area contributed by atoms with Crippen LogP contribution in [-0.2, 0) is 12.0 Å². The van der Waals surface area contributed by atoms with Crippen LogP contribution >= 0.6 is 0 Å². The van der Waals surface area contributed by atoms with Gasteiger partial charge in [-0.15, -0.1) is 0 Å². The summed E-state index contributed by atoms with van der Waals surface area (Å²) in [7, 11) is 1.65. The first-order valence-electron chi connectivity index (χ1n) is 6.59. The van der Waals surface area contributed by atoms with Crippen LogP contribution in [0.25, 0.3) is 0 Å². The Balaban J connectivity index is 2.31. The molecule has 0 saturated heterocycles. The Morgan fingerprint density at radius 1 is 1.35 bits per heavy atom. The second-order valence-corrected chi connectivity index (χ2v) is 5.82. The van der Waals surface area contributed by atoms with Gasteiger partial charge in [0.1, 0.15) is 5.75 Å². The summed E-state index contributed by atoms with van der Waals surface area (Å²) in [5.74, 6) is 0.882. The van der Waals surface area contributed by atoms with Crippen molar-refractivity contribution < 1.29 is 9.53 Å². The fourth-order valence-electron chi connectivity index (χ4n) is 2.10. The van der Waals surface area contributed by atoms with Gasteiger partial charge in [-0.05, 0) is 23.6 Å². The van der Waals surface area contributed by atoms with Crippen molar-refractivity contribution in [1.29, 1.82) is 0 Å². The van der Waals surface area contributed by atoms with Crippen molar-refractivity contribution in [2.45, 2.75) is 32.7 Å². The summed E-state index contributed by atoms with van der Waals surface area (Å²) in [5.41, 5.74) is 1.66. The number of aromatic nitrogens is 2. The molecule has 0 radical (unpaired) electrons. The van der Waals surface area contributed by atoms with Gasteiger partial charge in [0.05, 0.1) is 20.0 Å². The highest BCUT2D eigenvalue weighted by Crippen LogP contribution is 2.32. The summed E-state index contributed by atoms with van der Waals surface area (Å²) in [4.78, 5) is 16.2. The minimum atomic E-state index is -0.0728. The maximum atomic E-state index is 12.3. The Morgan fingerprint density at radius 3 is 2.65 bits per heavy atom. The van der Waals surface area contributed by atoms with Crippen molar-refractivity contribution in [1.82, 2.24) is 9.55 Å². The van der Waals surface area contributed by atoms with Gasteiger partial charge in [-0.3, -0.25) is 4.79 Å². The molecule has 4 nitrogen and oxygen atoms in total. The average molecular weight is 272 g/mol. The van der Waals surface area contributed by atoms with Gasteiger partial charge >= 0.3 is 0 Å². The number of ether oxygens (including phenoxy) is 1. The first kappa shape index (κ1) is 14.3. The largest absolute Gasteiger partial charge is 0.496 e. The van der Waals surface area contributed by atoms with E-state index < -0.39 is 0 Å². The van der Waals surface area contributed by atoms with Crippen molar-refractivity contribution in [3.05, 3.63) is 48.0 Å². The first-order valence-corrected chi connectivity index (χ1v) is 6.59. The van der Waals surface area contributed by atoms with E-state index in [9.17, 15) is 4.79 Å². The number of imidazole rings is 1. The monoisotopic (exact) mass is 272 g/mol. The second-order valence-electron chi connectivity index (χ2n) is 5.82. The van der Waals surface area contributed by atoms with E-state index >= 15 is 0 Å². The number of carbonyl (C=O) groups is 1. The number of carbonyl (C=O) groups excluding carboxylic acids is 1. The Bertz CT molecular complexity index is 595. The molecule has 0 unspecified atom stereocenters. The molecule has 0 amide bonds. The third-order valence-electron chi connectivity index (χ3n) is 3.21. The smallest absolute Gasteiger partial charge is 0.182 e. The lowest BCUT2D eigenvalue weighted by molar-refractivity contribution is 0.0972. The van der Waals surface area contributed by atoms with Crippen molar-refractivity contribution in [3.8, 4) is 5.75 Å². The van der Waals surface area contributed by atoms with Crippen LogP contribution in [0.15, 0.2) is 36.9 Å². The van der Waals surface area contributed by atoms with Crippen LogP contribution < -0.4 is 4.74 Å². The minimum absolute atomic E-state index is 0.0659. The van der Waals surface area contributed by atoms with Gasteiger partial charge in [0, 0.05) is 23.5 Å². The minimum Gasteiger partial charge on any atom is -0.496 e. The van der Waals surface area contributed by atoms with E-state index in [1.165, 1.54) is 0 Å². The summed E-state index contributed by atoms with van der Waals surface area (Å²) in [6.45, 7) is 6.62. The predicted octanol–water partition coefficient (Wildman–Crippen LogP) is 3.07. The molecule has 0 aliphatic carbocycles. The molecule has 1 aromatic carbocycles. The topological polar surface area (TPSA) is 44.1 Å². The summed E-state index contributed by atoms with van der Waals surface area (Å²) < 4.78 is 7.15. The van der Waals surface area contributed by atoms with Crippen LogP contribution in [0.2, 0.25) is 0 Å². The summed E-state index contributed by atoms with van der Waals surface area (Å²) in [5, 5.41) is 0. The van der Waals surface area contributed by atoms with E-state index in [-0.39, 0.29) is 11.2 Å². The van der Waals surface area contributed by atoms with Crippen molar-refractivity contribution >= 4 is 5.78 Å². The molecular weight excluding hydrogens is 252 g/mol. The van der Waals surface area contributed by atoms with Crippen molar-refractivity contribution in [3.63, 3.8) is 0 Å². The van der Waals surface area contributed by atoms with Gasteiger partial charge in [0.2, 0.25) is 0 Å². The Hall–Kier alpha value is -2.10. The normalized spacial score (nSPS) is 11.4. The van der Waals surface area contributed by atoms with Crippen LogP contribution in [0.5, 0.6) is 5.75 Å². The van der Waals surface area contributed by atoms with E-state index in [1.54, 1.807) is 30.4 Å². The van der Waals surface area contributed by atoms with Gasteiger partial charge in [-0.1, -0.05) is 20.8 Å². The van der Waals surface area contributed by atoms with Crippen molar-refractivity contribution in [2.24, 2.45) is 0 Å². The molecule has 4 heteroatoms. The molecule has 2 aromatic rings. The highest BCUT2D eigenvalue weighted by atomic mass is 16.5. The third-order valence-corrected chi connectivity index (χ3v) is 3.21. The van der Waals surface area contributed by atoms with Crippen LogP contribution in [0.4, 0.5) is 0 Å². The fourth-order valence-corrected chi connectivity index (χ4v) is 2.10. The Labute approximate surface area is 119 Å². The van der Waals surface area contributed by atoms with Gasteiger partial charge in [0.15, 0.2) is 5.78 Å². The Kier molecular flexibility index (Phi) is 3.93. The number of rotatable bonds is 4. The van der Waals surface area contributed by atoms with E-state index in [0.717, 1.165) is 11.3 Å². The molecule has 106 valence electrons. The molecule has 0 spiro atoms. The fraction of sp³-hybridized carbons (Fsp3) is 0.375. The number of hydrogen-bond acceptors (Lipinski definition) is 3. The number of benzene rings is 1. The van der Waals surface area contributed by atoms with Gasteiger partial charge < -0.3 is 9.30 Å². The molecule has 1 heterocycles. The molecule has 0 bridgehead atoms. The maximum Gasteiger partial charge on any atom is 0.182 e. The molecule has 0 N–H and O–H groups in total. The SMILES string of the molecule is COc1ccc(C(=O)Cn2ccnc2)cc1C(C)(C)C. The zero-order valence-electron chi connectivity index (χ0n) is 12.4.